The fraction of sp³-hybridized carbons (Fsp3) is 0.333. The second kappa shape index (κ2) is 4.97. The summed E-state index contributed by atoms with van der Waals surface area (Å²) in [7, 11) is 0.774. The van der Waals surface area contributed by atoms with Crippen molar-refractivity contribution in [3.63, 3.8) is 0 Å². The minimum atomic E-state index is 0. The fourth-order valence-electron chi connectivity index (χ4n) is 0. The predicted molar refractivity (Wildman–Crippen MR) is 37.2 cm³/mol. The van der Waals surface area contributed by atoms with Crippen molar-refractivity contribution in [1.29, 1.82) is 0 Å². The van der Waals surface area contributed by atoms with Crippen LogP contribution < -0.4 is 0 Å². The van der Waals surface area contributed by atoms with Crippen LogP contribution >= 0.6 is 0 Å². The Balaban J connectivity index is 0. The largest absolute Gasteiger partial charge is 0.557 e. The topological polar surface area (TPSA) is 9.23 Å². The molecule has 0 N–H and O–H groups in total. The van der Waals surface area contributed by atoms with Gasteiger partial charge in [-0.25, -0.2) is 0 Å². The van der Waals surface area contributed by atoms with Crippen LogP contribution in [0.15, 0.2) is 12.3 Å². The molecule has 0 aromatic heterocycles. The first-order valence-corrected chi connectivity index (χ1v) is 2.28. The van der Waals surface area contributed by atoms with Crippen molar-refractivity contribution in [2.24, 2.45) is 0 Å². The van der Waals surface area contributed by atoms with Gasteiger partial charge in [-0.05, 0) is 17.9 Å². The Hall–Kier alpha value is -0.0262. The average Bonchev–Trinajstić information content (AvgIpc) is 1.38. The number of rotatable bonds is 1. The SMILES string of the molecule is C=C(C)O[SiH3].[SiH4]. The maximum absolute atomic E-state index is 4.69. The first-order valence-electron chi connectivity index (χ1n) is 1.47. The van der Waals surface area contributed by atoms with Gasteiger partial charge in [-0.3, -0.25) is 0 Å². The van der Waals surface area contributed by atoms with Gasteiger partial charge in [0.15, 0.2) is 0 Å². The van der Waals surface area contributed by atoms with Crippen molar-refractivity contribution >= 4 is 21.5 Å². The van der Waals surface area contributed by atoms with Crippen molar-refractivity contribution < 1.29 is 4.43 Å². The normalized spacial score (nSPS) is 6.17. The fourth-order valence-corrected chi connectivity index (χ4v) is 0. The quantitative estimate of drug-likeness (QED) is 0.298. The van der Waals surface area contributed by atoms with Crippen LogP contribution in [0.5, 0.6) is 0 Å². The smallest absolute Gasteiger partial charge is 0.203 e. The zero-order valence-electron chi connectivity index (χ0n) is 3.62. The molecule has 0 heterocycles. The number of hydrogen-bond donors (Lipinski definition) is 0. The van der Waals surface area contributed by atoms with E-state index >= 15 is 0 Å². The van der Waals surface area contributed by atoms with Gasteiger partial charge in [0, 0.05) is 0 Å². The summed E-state index contributed by atoms with van der Waals surface area (Å²) >= 11 is 0. The third kappa shape index (κ3) is 9.02. The van der Waals surface area contributed by atoms with Gasteiger partial charge < -0.3 is 4.43 Å². The summed E-state index contributed by atoms with van der Waals surface area (Å²) in [4.78, 5) is 0. The zero-order chi connectivity index (χ0) is 4.28. The van der Waals surface area contributed by atoms with Crippen LogP contribution in [0.4, 0.5) is 0 Å². The first kappa shape index (κ1) is 9.36. The van der Waals surface area contributed by atoms with Crippen molar-refractivity contribution in [3.8, 4) is 0 Å². The van der Waals surface area contributed by atoms with E-state index in [1.54, 1.807) is 0 Å². The van der Waals surface area contributed by atoms with E-state index in [0.717, 1.165) is 16.2 Å². The third-order valence-corrected chi connectivity index (χ3v) is 1.05. The van der Waals surface area contributed by atoms with E-state index in [0.29, 0.717) is 0 Å². The average molecular weight is 120 g/mol. The van der Waals surface area contributed by atoms with Gasteiger partial charge in [-0.15, -0.1) is 0 Å². The van der Waals surface area contributed by atoms with E-state index in [4.69, 9.17) is 4.43 Å². The van der Waals surface area contributed by atoms with Crippen LogP contribution in [-0.4, -0.2) is 21.5 Å². The lowest BCUT2D eigenvalue weighted by atomic mass is 10.7. The first-order chi connectivity index (χ1) is 2.27. The standard InChI is InChI=1S/C3H8OSi.H4Si/c1-3(2)4-5;/h1H2,2,5H3;1H4. The van der Waals surface area contributed by atoms with Gasteiger partial charge in [0.25, 0.3) is 0 Å². The molecule has 0 aromatic carbocycles. The van der Waals surface area contributed by atoms with E-state index in [1.165, 1.54) is 0 Å². The molecule has 0 amide bonds. The summed E-state index contributed by atoms with van der Waals surface area (Å²) < 4.78 is 4.69. The monoisotopic (exact) mass is 120 g/mol. The maximum atomic E-state index is 4.69. The van der Waals surface area contributed by atoms with Gasteiger partial charge >= 0.3 is 0 Å². The minimum absolute atomic E-state index is 0. The highest BCUT2D eigenvalue weighted by atomic mass is 28.2. The Labute approximate surface area is 46.0 Å². The molecule has 0 aliphatic rings. The molecule has 0 bridgehead atoms. The molecule has 0 fully saturated rings. The molecular weight excluding hydrogens is 108 g/mol. The van der Waals surface area contributed by atoms with E-state index in [2.05, 4.69) is 6.58 Å². The summed E-state index contributed by atoms with van der Waals surface area (Å²) in [5, 5.41) is 0. The van der Waals surface area contributed by atoms with Gasteiger partial charge in [-0.2, -0.15) is 0 Å². The molecule has 0 rings (SSSR count). The van der Waals surface area contributed by atoms with Crippen molar-refractivity contribution in [1.82, 2.24) is 0 Å². The molecule has 0 atom stereocenters. The number of hydrogen-bond acceptors (Lipinski definition) is 1. The summed E-state index contributed by atoms with van der Waals surface area (Å²) in [5.41, 5.74) is 0. The van der Waals surface area contributed by atoms with E-state index in [-0.39, 0.29) is 11.0 Å². The Bertz CT molecular complexity index is 44.1. The number of allylic oxidation sites excluding steroid dienone is 1. The van der Waals surface area contributed by atoms with Crippen LogP contribution in [0.1, 0.15) is 6.92 Å². The molecular formula is C3H12OSi2. The summed E-state index contributed by atoms with van der Waals surface area (Å²) in [6.07, 6.45) is 0. The molecule has 1 nitrogen and oxygen atoms in total. The molecule has 0 spiro atoms. The molecule has 0 saturated heterocycles. The van der Waals surface area contributed by atoms with E-state index in [9.17, 15) is 0 Å². The van der Waals surface area contributed by atoms with Crippen LogP contribution in [-0.2, 0) is 4.43 Å². The molecule has 0 saturated carbocycles. The Morgan fingerprint density at radius 2 is 2.00 bits per heavy atom. The highest BCUT2D eigenvalue weighted by molar-refractivity contribution is 5.98. The van der Waals surface area contributed by atoms with Gasteiger partial charge in [0.1, 0.15) is 0 Å². The maximum Gasteiger partial charge on any atom is 0.203 e. The lowest BCUT2D eigenvalue weighted by molar-refractivity contribution is 0.476. The van der Waals surface area contributed by atoms with Crippen molar-refractivity contribution in [3.05, 3.63) is 12.3 Å². The van der Waals surface area contributed by atoms with Crippen molar-refractivity contribution in [2.75, 3.05) is 0 Å². The van der Waals surface area contributed by atoms with Gasteiger partial charge in [-0.1, -0.05) is 6.58 Å². The van der Waals surface area contributed by atoms with Crippen LogP contribution in [0.2, 0.25) is 0 Å². The molecule has 0 aliphatic carbocycles. The molecule has 0 unspecified atom stereocenters. The molecule has 6 heavy (non-hydrogen) atoms. The van der Waals surface area contributed by atoms with E-state index in [1.807, 2.05) is 6.92 Å². The molecule has 0 aromatic rings. The molecule has 38 valence electrons. The highest BCUT2D eigenvalue weighted by Gasteiger charge is 1.64. The third-order valence-electron chi connectivity index (χ3n) is 0.348. The molecule has 0 radical (unpaired) electrons. The Morgan fingerprint density at radius 3 is 2.00 bits per heavy atom. The Morgan fingerprint density at radius 1 is 1.83 bits per heavy atom. The van der Waals surface area contributed by atoms with Crippen LogP contribution in [0.25, 0.3) is 0 Å². The molecule has 0 aliphatic heterocycles. The Kier molecular flexibility index (Phi) is 7.76. The minimum Gasteiger partial charge on any atom is -0.557 e. The summed E-state index contributed by atoms with van der Waals surface area (Å²) in [6.45, 7) is 5.33. The van der Waals surface area contributed by atoms with Gasteiger partial charge in [0.05, 0.1) is 5.76 Å². The summed E-state index contributed by atoms with van der Waals surface area (Å²) in [5.74, 6) is 0.816. The molecule has 3 heteroatoms. The predicted octanol–water partition coefficient (Wildman–Crippen LogP) is -1.63. The highest BCUT2D eigenvalue weighted by Crippen LogP contribution is 1.79. The van der Waals surface area contributed by atoms with Crippen LogP contribution in [0.3, 0.4) is 0 Å². The second-order valence-corrected chi connectivity index (χ2v) is 1.31. The summed E-state index contributed by atoms with van der Waals surface area (Å²) in [6, 6.07) is 0. The lowest BCUT2D eigenvalue weighted by Crippen LogP contribution is -1.73. The van der Waals surface area contributed by atoms with Gasteiger partial charge in [0.2, 0.25) is 10.5 Å². The second-order valence-electron chi connectivity index (χ2n) is 0.906. The van der Waals surface area contributed by atoms with Crippen LogP contribution in [0, 0.1) is 0 Å². The van der Waals surface area contributed by atoms with Crippen molar-refractivity contribution in [2.45, 2.75) is 6.92 Å². The zero-order valence-corrected chi connectivity index (χ0v) is 5.62. The lowest BCUT2D eigenvalue weighted by Gasteiger charge is -1.89. The van der Waals surface area contributed by atoms with E-state index < -0.39 is 0 Å².